The third kappa shape index (κ3) is 3.24. The zero-order chi connectivity index (χ0) is 15.8. The number of carboxylic acids is 1. The second-order valence-electron chi connectivity index (χ2n) is 4.63. The van der Waals surface area contributed by atoms with Crippen LogP contribution in [0.5, 0.6) is 0 Å². The summed E-state index contributed by atoms with van der Waals surface area (Å²) in [5.74, 6) is -2.08. The highest BCUT2D eigenvalue weighted by molar-refractivity contribution is 5.89. The van der Waals surface area contributed by atoms with E-state index in [0.717, 1.165) is 17.0 Å². The Morgan fingerprint density at radius 3 is 2.43 bits per heavy atom. The van der Waals surface area contributed by atoms with Crippen LogP contribution in [0.3, 0.4) is 0 Å². The lowest BCUT2D eigenvalue weighted by molar-refractivity contribution is -0.138. The Morgan fingerprint density at radius 2 is 1.95 bits per heavy atom. The third-order valence-electron chi connectivity index (χ3n) is 3.07. The Labute approximate surface area is 117 Å². The molecule has 2 rings (SSSR count). The molecule has 0 aliphatic heterocycles. The first-order chi connectivity index (χ1) is 9.68. The monoisotopic (exact) mass is 301 g/mol. The van der Waals surface area contributed by atoms with Crippen LogP contribution in [0.15, 0.2) is 30.6 Å². The van der Waals surface area contributed by atoms with Gasteiger partial charge in [0, 0.05) is 18.9 Å². The van der Waals surface area contributed by atoms with Crippen LogP contribution in [0.4, 0.5) is 17.6 Å². The number of benzene rings is 1. The molecule has 0 atom stereocenters. The zero-order valence-electron chi connectivity index (χ0n) is 10.9. The molecule has 1 aromatic heterocycles. The minimum absolute atomic E-state index is 0.0302. The Hall–Kier alpha value is -2.31. The highest BCUT2D eigenvalue weighted by Gasteiger charge is 2.37. The van der Waals surface area contributed by atoms with Gasteiger partial charge in [0.1, 0.15) is 5.82 Å². The highest BCUT2D eigenvalue weighted by atomic mass is 19.4. The number of hydrogen-bond acceptors (Lipinski definition) is 1. The summed E-state index contributed by atoms with van der Waals surface area (Å²) in [7, 11) is 0. The average Bonchev–Trinajstić information content (AvgIpc) is 2.77. The molecule has 0 saturated carbocycles. The lowest BCUT2D eigenvalue weighted by Gasteiger charge is -2.07. The number of aromatic nitrogens is 1. The van der Waals surface area contributed by atoms with Crippen LogP contribution in [-0.2, 0) is 12.7 Å². The van der Waals surface area contributed by atoms with E-state index in [0.29, 0.717) is 11.1 Å². The fraction of sp³-hybridized carbons (Fsp3) is 0.214. The van der Waals surface area contributed by atoms with Crippen molar-refractivity contribution in [3.63, 3.8) is 0 Å². The molecule has 21 heavy (non-hydrogen) atoms. The molecule has 1 N–H and O–H groups in total. The maximum atomic E-state index is 13.0. The van der Waals surface area contributed by atoms with Gasteiger partial charge < -0.3 is 9.67 Å². The van der Waals surface area contributed by atoms with Gasteiger partial charge in [-0.2, -0.15) is 13.2 Å². The third-order valence-corrected chi connectivity index (χ3v) is 3.07. The van der Waals surface area contributed by atoms with Gasteiger partial charge in [0.15, 0.2) is 0 Å². The average molecular weight is 301 g/mol. The molecule has 0 unspecified atom stereocenters. The number of aryl methyl sites for hydroxylation is 1. The summed E-state index contributed by atoms with van der Waals surface area (Å²) < 4.78 is 52.4. The quantitative estimate of drug-likeness (QED) is 0.878. The Bertz CT molecular complexity index is 689. The topological polar surface area (TPSA) is 42.2 Å². The second kappa shape index (κ2) is 5.23. The van der Waals surface area contributed by atoms with Gasteiger partial charge in [0.2, 0.25) is 0 Å². The molecular formula is C14H11F4NO2. The highest BCUT2D eigenvalue weighted by Crippen LogP contribution is 2.33. The number of rotatable bonds is 3. The van der Waals surface area contributed by atoms with Crippen LogP contribution in [0.25, 0.3) is 0 Å². The number of nitrogens with zero attached hydrogens (tertiary/aromatic N) is 1. The van der Waals surface area contributed by atoms with Crippen molar-refractivity contribution in [2.24, 2.45) is 0 Å². The second-order valence-corrected chi connectivity index (χ2v) is 4.63. The minimum atomic E-state index is -4.74. The van der Waals surface area contributed by atoms with Gasteiger partial charge in [-0.15, -0.1) is 0 Å². The predicted octanol–water partition coefficient (Wildman–Crippen LogP) is 3.70. The zero-order valence-corrected chi connectivity index (χ0v) is 10.9. The Kier molecular flexibility index (Phi) is 3.76. The largest absolute Gasteiger partial charge is 0.478 e. The van der Waals surface area contributed by atoms with Gasteiger partial charge in [-0.25, -0.2) is 9.18 Å². The number of halogens is 4. The molecule has 0 amide bonds. The first-order valence-corrected chi connectivity index (χ1v) is 5.94. The molecular weight excluding hydrogens is 290 g/mol. The van der Waals surface area contributed by atoms with Crippen LogP contribution in [-0.4, -0.2) is 15.6 Å². The molecule has 0 saturated heterocycles. The van der Waals surface area contributed by atoms with E-state index in [1.165, 1.54) is 18.2 Å². The molecule has 0 fully saturated rings. The number of alkyl halides is 3. The van der Waals surface area contributed by atoms with Gasteiger partial charge >= 0.3 is 12.1 Å². The van der Waals surface area contributed by atoms with Crippen molar-refractivity contribution in [3.8, 4) is 0 Å². The van der Waals surface area contributed by atoms with E-state index >= 15 is 0 Å². The molecule has 3 nitrogen and oxygen atoms in total. The molecule has 1 aromatic carbocycles. The van der Waals surface area contributed by atoms with E-state index in [1.807, 2.05) is 0 Å². The minimum Gasteiger partial charge on any atom is -0.478 e. The van der Waals surface area contributed by atoms with Crippen LogP contribution in [0.1, 0.15) is 27.0 Å². The van der Waals surface area contributed by atoms with Crippen molar-refractivity contribution >= 4 is 5.97 Å². The van der Waals surface area contributed by atoms with Gasteiger partial charge in [-0.3, -0.25) is 0 Å². The first kappa shape index (κ1) is 15.1. The smallest absolute Gasteiger partial charge is 0.418 e. The van der Waals surface area contributed by atoms with Crippen LogP contribution in [0.2, 0.25) is 0 Å². The summed E-state index contributed by atoms with van der Waals surface area (Å²) in [6.07, 6.45) is -3.07. The van der Waals surface area contributed by atoms with Gasteiger partial charge in [-0.1, -0.05) is 6.07 Å². The molecule has 2 aromatic rings. The van der Waals surface area contributed by atoms with E-state index in [4.69, 9.17) is 5.11 Å². The van der Waals surface area contributed by atoms with Gasteiger partial charge in [-0.05, 0) is 30.2 Å². The van der Waals surface area contributed by atoms with Crippen LogP contribution < -0.4 is 0 Å². The van der Waals surface area contributed by atoms with Crippen LogP contribution >= 0.6 is 0 Å². The summed E-state index contributed by atoms with van der Waals surface area (Å²) in [5.41, 5.74) is -0.816. The fourth-order valence-electron chi connectivity index (χ4n) is 2.03. The molecule has 0 spiro atoms. The molecule has 0 bridgehead atoms. The van der Waals surface area contributed by atoms with Crippen molar-refractivity contribution in [1.29, 1.82) is 0 Å². The van der Waals surface area contributed by atoms with E-state index in [9.17, 15) is 22.4 Å². The van der Waals surface area contributed by atoms with E-state index in [2.05, 4.69) is 0 Å². The Morgan fingerprint density at radius 1 is 1.29 bits per heavy atom. The van der Waals surface area contributed by atoms with Crippen molar-refractivity contribution in [2.75, 3.05) is 0 Å². The van der Waals surface area contributed by atoms with Crippen LogP contribution in [0, 0.1) is 12.7 Å². The molecule has 7 heteroatoms. The SMILES string of the molecule is Cc1cc(F)ccc1Cn1cc(C(=O)O)c(C(F)(F)F)c1. The first-order valence-electron chi connectivity index (χ1n) is 5.94. The van der Waals surface area contributed by atoms with E-state index < -0.39 is 29.1 Å². The Balaban J connectivity index is 2.39. The predicted molar refractivity (Wildman–Crippen MR) is 66.6 cm³/mol. The lowest BCUT2D eigenvalue weighted by atomic mass is 10.1. The molecule has 112 valence electrons. The fourth-order valence-corrected chi connectivity index (χ4v) is 2.03. The summed E-state index contributed by atoms with van der Waals surface area (Å²) in [6, 6.07) is 3.93. The molecule has 0 aliphatic carbocycles. The number of carboxylic acid groups (broad SMARTS) is 1. The summed E-state index contributed by atoms with van der Waals surface area (Å²) in [6.45, 7) is 1.66. The van der Waals surface area contributed by atoms with Crippen molar-refractivity contribution in [1.82, 2.24) is 4.57 Å². The van der Waals surface area contributed by atoms with Crippen molar-refractivity contribution in [2.45, 2.75) is 19.6 Å². The van der Waals surface area contributed by atoms with E-state index in [1.54, 1.807) is 6.92 Å². The molecule has 0 radical (unpaired) electrons. The maximum Gasteiger partial charge on any atom is 0.418 e. The summed E-state index contributed by atoms with van der Waals surface area (Å²) >= 11 is 0. The number of hydrogen-bond donors (Lipinski definition) is 1. The summed E-state index contributed by atoms with van der Waals surface area (Å²) in [5, 5.41) is 8.84. The lowest BCUT2D eigenvalue weighted by Crippen LogP contribution is -2.09. The standard InChI is InChI=1S/C14H11F4NO2/c1-8-4-10(15)3-2-9(8)5-19-6-11(13(20)21)12(7-19)14(16,17)18/h2-4,6-7H,5H2,1H3,(H,20,21). The maximum absolute atomic E-state index is 13.0. The number of aromatic carboxylic acids is 1. The molecule has 0 aliphatic rings. The van der Waals surface area contributed by atoms with Gasteiger partial charge in [0.05, 0.1) is 11.1 Å². The summed E-state index contributed by atoms with van der Waals surface area (Å²) in [4.78, 5) is 10.9. The van der Waals surface area contributed by atoms with Crippen molar-refractivity contribution in [3.05, 3.63) is 58.7 Å². The van der Waals surface area contributed by atoms with Gasteiger partial charge in [0.25, 0.3) is 0 Å². The van der Waals surface area contributed by atoms with E-state index in [-0.39, 0.29) is 6.54 Å². The number of carbonyl (C=O) groups is 1. The molecule has 1 heterocycles. The normalized spacial score (nSPS) is 11.7. The van der Waals surface area contributed by atoms with Crippen molar-refractivity contribution < 1.29 is 27.5 Å².